The zero-order chi connectivity index (χ0) is 21.4. The number of carbonyl (C=O) groups excluding carboxylic acids is 2. The van der Waals surface area contributed by atoms with Crippen LogP contribution in [0.15, 0.2) is 48.5 Å². The Bertz CT molecular complexity index is 821. The van der Waals surface area contributed by atoms with Crippen molar-refractivity contribution >= 4 is 11.8 Å². The number of ether oxygens (including phenoxy) is 1. The Morgan fingerprint density at radius 1 is 1.07 bits per heavy atom. The Balaban J connectivity index is 2.13. The van der Waals surface area contributed by atoms with E-state index in [0.29, 0.717) is 24.8 Å². The van der Waals surface area contributed by atoms with Crippen LogP contribution in [0.4, 0.5) is 4.39 Å². The fourth-order valence-corrected chi connectivity index (χ4v) is 2.76. The summed E-state index contributed by atoms with van der Waals surface area (Å²) in [4.78, 5) is 27.0. The summed E-state index contributed by atoms with van der Waals surface area (Å²) in [5.41, 5.74) is 2.01. The minimum atomic E-state index is -0.655. The molecule has 0 aliphatic carbocycles. The van der Waals surface area contributed by atoms with Gasteiger partial charge in [0, 0.05) is 13.1 Å². The molecule has 0 radical (unpaired) electrons. The summed E-state index contributed by atoms with van der Waals surface area (Å²) in [6.45, 7) is 8.31. The van der Waals surface area contributed by atoms with Crippen molar-refractivity contribution in [3.05, 3.63) is 65.5 Å². The van der Waals surface area contributed by atoms with Crippen LogP contribution in [-0.2, 0) is 16.1 Å². The number of hydrogen-bond acceptors (Lipinski definition) is 3. The van der Waals surface area contributed by atoms with E-state index in [1.54, 1.807) is 6.92 Å². The predicted octanol–water partition coefficient (Wildman–Crippen LogP) is 3.70. The second-order valence-electron chi connectivity index (χ2n) is 7.51. The lowest BCUT2D eigenvalue weighted by atomic mass is 10.1. The average Bonchev–Trinajstić information content (AvgIpc) is 2.70. The number of nitrogens with zero attached hydrogens (tertiary/aromatic N) is 1. The Morgan fingerprint density at radius 2 is 1.72 bits per heavy atom. The van der Waals surface area contributed by atoms with E-state index >= 15 is 0 Å². The zero-order valence-electron chi connectivity index (χ0n) is 17.4. The summed E-state index contributed by atoms with van der Waals surface area (Å²) >= 11 is 0. The summed E-state index contributed by atoms with van der Waals surface area (Å²) in [7, 11) is 0. The van der Waals surface area contributed by atoms with Crippen LogP contribution in [0.3, 0.4) is 0 Å². The molecule has 0 bridgehead atoms. The van der Waals surface area contributed by atoms with Gasteiger partial charge in [-0.1, -0.05) is 38.1 Å². The van der Waals surface area contributed by atoms with Gasteiger partial charge < -0.3 is 15.0 Å². The molecule has 0 unspecified atom stereocenters. The maximum absolute atomic E-state index is 13.0. The maximum Gasteiger partial charge on any atom is 0.261 e. The SMILES string of the molecule is Cc1ccccc1CN(C(=O)COc1ccc(F)cc1)[C@@H](C)C(=O)NCC(C)C. The Labute approximate surface area is 171 Å². The molecule has 0 heterocycles. The Morgan fingerprint density at radius 3 is 2.34 bits per heavy atom. The minimum Gasteiger partial charge on any atom is -0.484 e. The lowest BCUT2D eigenvalue weighted by Gasteiger charge is -2.29. The monoisotopic (exact) mass is 400 g/mol. The first kappa shape index (κ1) is 22.4. The largest absolute Gasteiger partial charge is 0.484 e. The quantitative estimate of drug-likeness (QED) is 0.698. The van der Waals surface area contributed by atoms with Gasteiger partial charge in [0.1, 0.15) is 17.6 Å². The average molecular weight is 400 g/mol. The van der Waals surface area contributed by atoms with Crippen LogP contribution in [0.2, 0.25) is 0 Å². The van der Waals surface area contributed by atoms with Crippen molar-refractivity contribution in [3.8, 4) is 5.75 Å². The molecule has 2 amide bonds. The van der Waals surface area contributed by atoms with Gasteiger partial charge in [0.05, 0.1) is 0 Å². The topological polar surface area (TPSA) is 58.6 Å². The molecule has 6 heteroatoms. The highest BCUT2D eigenvalue weighted by molar-refractivity contribution is 5.88. The molecule has 156 valence electrons. The molecule has 29 heavy (non-hydrogen) atoms. The molecule has 0 spiro atoms. The molecule has 1 N–H and O–H groups in total. The number of benzene rings is 2. The van der Waals surface area contributed by atoms with Gasteiger partial charge in [0.25, 0.3) is 5.91 Å². The van der Waals surface area contributed by atoms with Gasteiger partial charge in [0.15, 0.2) is 6.61 Å². The van der Waals surface area contributed by atoms with Crippen molar-refractivity contribution in [3.63, 3.8) is 0 Å². The number of amides is 2. The lowest BCUT2D eigenvalue weighted by molar-refractivity contribution is -0.142. The number of hydrogen-bond donors (Lipinski definition) is 1. The van der Waals surface area contributed by atoms with E-state index in [-0.39, 0.29) is 24.2 Å². The molecular weight excluding hydrogens is 371 g/mol. The zero-order valence-corrected chi connectivity index (χ0v) is 17.4. The van der Waals surface area contributed by atoms with Crippen LogP contribution < -0.4 is 10.1 Å². The third kappa shape index (κ3) is 6.89. The van der Waals surface area contributed by atoms with Gasteiger partial charge >= 0.3 is 0 Å². The number of rotatable bonds is 9. The fraction of sp³-hybridized carbons (Fsp3) is 0.391. The summed E-state index contributed by atoms with van der Waals surface area (Å²) in [6, 6.07) is 12.6. The smallest absolute Gasteiger partial charge is 0.261 e. The van der Waals surface area contributed by atoms with Crippen molar-refractivity contribution in [2.75, 3.05) is 13.2 Å². The van der Waals surface area contributed by atoms with E-state index in [9.17, 15) is 14.0 Å². The summed E-state index contributed by atoms with van der Waals surface area (Å²) in [6.07, 6.45) is 0. The van der Waals surface area contributed by atoms with Crippen LogP contribution in [0.25, 0.3) is 0 Å². The van der Waals surface area contributed by atoms with Gasteiger partial charge in [-0.15, -0.1) is 0 Å². The Hall–Kier alpha value is -2.89. The molecule has 5 nitrogen and oxygen atoms in total. The van der Waals surface area contributed by atoms with Crippen molar-refractivity contribution in [2.24, 2.45) is 5.92 Å². The molecule has 0 saturated heterocycles. The van der Waals surface area contributed by atoms with Gasteiger partial charge in [-0.2, -0.15) is 0 Å². The molecular formula is C23H29FN2O3. The second-order valence-corrected chi connectivity index (χ2v) is 7.51. The van der Waals surface area contributed by atoms with E-state index in [1.165, 1.54) is 29.2 Å². The lowest BCUT2D eigenvalue weighted by Crippen LogP contribution is -2.49. The third-order valence-corrected chi connectivity index (χ3v) is 4.63. The summed E-state index contributed by atoms with van der Waals surface area (Å²) in [5, 5.41) is 2.88. The van der Waals surface area contributed by atoms with Crippen LogP contribution in [0.5, 0.6) is 5.75 Å². The van der Waals surface area contributed by atoms with Crippen LogP contribution in [0, 0.1) is 18.7 Å². The maximum atomic E-state index is 13.0. The van der Waals surface area contributed by atoms with Gasteiger partial charge in [0.2, 0.25) is 5.91 Å². The van der Waals surface area contributed by atoms with E-state index in [1.807, 2.05) is 45.0 Å². The number of halogens is 1. The molecule has 0 aliphatic heterocycles. The predicted molar refractivity (Wildman–Crippen MR) is 111 cm³/mol. The molecule has 0 fully saturated rings. The highest BCUT2D eigenvalue weighted by Gasteiger charge is 2.26. The Kier molecular flexibility index (Phi) is 8.19. The van der Waals surface area contributed by atoms with E-state index in [0.717, 1.165) is 11.1 Å². The first-order chi connectivity index (χ1) is 13.8. The number of carbonyl (C=O) groups is 2. The molecule has 0 aliphatic rings. The van der Waals surface area contributed by atoms with Crippen molar-refractivity contribution in [1.29, 1.82) is 0 Å². The molecule has 0 aromatic heterocycles. The van der Waals surface area contributed by atoms with Crippen LogP contribution >= 0.6 is 0 Å². The second kappa shape index (κ2) is 10.6. The molecule has 2 aromatic rings. The van der Waals surface area contributed by atoms with Crippen molar-refractivity contribution in [1.82, 2.24) is 10.2 Å². The van der Waals surface area contributed by atoms with Crippen molar-refractivity contribution < 1.29 is 18.7 Å². The molecule has 2 rings (SSSR count). The van der Waals surface area contributed by atoms with Crippen LogP contribution in [0.1, 0.15) is 31.9 Å². The minimum absolute atomic E-state index is 0.206. The number of nitrogens with one attached hydrogen (secondary N) is 1. The first-order valence-electron chi connectivity index (χ1n) is 9.78. The normalized spacial score (nSPS) is 11.8. The standard InChI is InChI=1S/C23H29FN2O3/c1-16(2)13-25-23(28)18(4)26(14-19-8-6-5-7-17(19)3)22(27)15-29-21-11-9-20(24)10-12-21/h5-12,16,18H,13-15H2,1-4H3,(H,25,28)/t18-/m0/s1. The van der Waals surface area contributed by atoms with Crippen molar-refractivity contribution in [2.45, 2.75) is 40.3 Å². The van der Waals surface area contributed by atoms with E-state index in [2.05, 4.69) is 5.32 Å². The highest BCUT2D eigenvalue weighted by atomic mass is 19.1. The van der Waals surface area contributed by atoms with Crippen LogP contribution in [-0.4, -0.2) is 35.9 Å². The fourth-order valence-electron chi connectivity index (χ4n) is 2.76. The summed E-state index contributed by atoms with van der Waals surface area (Å²) in [5.74, 6) is -0.187. The van der Waals surface area contributed by atoms with Gasteiger partial charge in [-0.25, -0.2) is 4.39 Å². The molecule has 2 aromatic carbocycles. The van der Waals surface area contributed by atoms with Gasteiger partial charge in [-0.05, 0) is 55.2 Å². The first-order valence-corrected chi connectivity index (χ1v) is 9.78. The molecule has 0 saturated carbocycles. The number of aryl methyl sites for hydroxylation is 1. The highest BCUT2D eigenvalue weighted by Crippen LogP contribution is 2.15. The third-order valence-electron chi connectivity index (χ3n) is 4.63. The summed E-state index contributed by atoms with van der Waals surface area (Å²) < 4.78 is 18.6. The molecule has 1 atom stereocenters. The van der Waals surface area contributed by atoms with E-state index < -0.39 is 6.04 Å². The van der Waals surface area contributed by atoms with E-state index in [4.69, 9.17) is 4.74 Å². The van der Waals surface area contributed by atoms with Gasteiger partial charge in [-0.3, -0.25) is 9.59 Å².